The minimum Gasteiger partial charge on any atom is -0.464 e. The number of carbonyl (C=O) groups is 3. The molecule has 0 saturated carbocycles. The van der Waals surface area contributed by atoms with Gasteiger partial charge in [0, 0.05) is 29.2 Å². The Morgan fingerprint density at radius 2 is 1.89 bits per heavy atom. The summed E-state index contributed by atoms with van der Waals surface area (Å²) in [7, 11) is 0. The van der Waals surface area contributed by atoms with Crippen LogP contribution in [0.5, 0.6) is 11.6 Å². The maximum atomic E-state index is 12.9. The van der Waals surface area contributed by atoms with Gasteiger partial charge in [0.15, 0.2) is 0 Å². The lowest BCUT2D eigenvalue weighted by atomic mass is 10.2. The van der Waals surface area contributed by atoms with Crippen molar-refractivity contribution in [3.05, 3.63) is 80.6 Å². The van der Waals surface area contributed by atoms with E-state index in [0.29, 0.717) is 5.75 Å². The maximum Gasteiger partial charge on any atom is 0.329 e. The van der Waals surface area contributed by atoms with Crippen molar-refractivity contribution < 1.29 is 28.8 Å². The minimum absolute atomic E-state index is 0.125. The van der Waals surface area contributed by atoms with Crippen molar-refractivity contribution in [3.8, 4) is 17.3 Å². The molecule has 0 radical (unpaired) electrons. The van der Waals surface area contributed by atoms with Gasteiger partial charge in [-0.3, -0.25) is 24.6 Å². The Hall–Kier alpha value is -4.45. The van der Waals surface area contributed by atoms with Crippen molar-refractivity contribution in [2.75, 3.05) is 6.61 Å². The number of nitrogens with zero attached hydrogens (tertiary/aromatic N) is 4. The zero-order valence-electron chi connectivity index (χ0n) is 21.0. The van der Waals surface area contributed by atoms with Crippen LogP contribution < -0.4 is 4.74 Å². The summed E-state index contributed by atoms with van der Waals surface area (Å²) in [5.41, 5.74) is 3.22. The second kappa shape index (κ2) is 10.9. The van der Waals surface area contributed by atoms with E-state index in [1.807, 2.05) is 36.6 Å². The van der Waals surface area contributed by atoms with E-state index < -0.39 is 28.1 Å². The molecule has 38 heavy (non-hydrogen) atoms. The van der Waals surface area contributed by atoms with E-state index in [4.69, 9.17) is 9.47 Å². The van der Waals surface area contributed by atoms with Crippen molar-refractivity contribution in [2.45, 2.75) is 33.7 Å². The van der Waals surface area contributed by atoms with Crippen LogP contribution in [0.4, 0.5) is 10.5 Å². The first-order chi connectivity index (χ1) is 18.1. The van der Waals surface area contributed by atoms with Crippen molar-refractivity contribution in [2.24, 2.45) is 0 Å². The van der Waals surface area contributed by atoms with Crippen LogP contribution in [0, 0.1) is 24.0 Å². The Morgan fingerprint density at radius 3 is 2.50 bits per heavy atom. The number of esters is 1. The molecular weight excluding hydrogens is 512 g/mol. The van der Waals surface area contributed by atoms with Gasteiger partial charge in [0.05, 0.1) is 16.4 Å². The normalized spacial score (nSPS) is 15.2. The smallest absolute Gasteiger partial charge is 0.329 e. The number of pyridine rings is 1. The Morgan fingerprint density at radius 1 is 1.18 bits per heavy atom. The number of rotatable bonds is 8. The zero-order chi connectivity index (χ0) is 27.6. The summed E-state index contributed by atoms with van der Waals surface area (Å²) < 4.78 is 12.6. The predicted octanol–water partition coefficient (Wildman–Crippen LogP) is 5.18. The molecule has 4 rings (SSSR count). The molecule has 11 nitrogen and oxygen atoms in total. The number of imide groups is 1. The molecule has 0 N–H and O–H groups in total. The topological polar surface area (TPSA) is 134 Å². The van der Waals surface area contributed by atoms with Crippen LogP contribution >= 0.6 is 11.8 Å². The largest absolute Gasteiger partial charge is 0.464 e. The lowest BCUT2D eigenvalue weighted by Crippen LogP contribution is -2.42. The van der Waals surface area contributed by atoms with Gasteiger partial charge in [-0.2, -0.15) is 0 Å². The van der Waals surface area contributed by atoms with Crippen molar-refractivity contribution >= 4 is 40.6 Å². The quantitative estimate of drug-likeness (QED) is 0.165. The maximum absolute atomic E-state index is 12.9. The molecule has 1 aliphatic rings. The third kappa shape index (κ3) is 5.30. The molecule has 0 spiro atoms. The molecule has 196 valence electrons. The molecule has 1 atom stereocenters. The Kier molecular flexibility index (Phi) is 7.62. The number of nitro groups is 1. The fourth-order valence-electron chi connectivity index (χ4n) is 3.98. The van der Waals surface area contributed by atoms with Crippen LogP contribution in [0.1, 0.15) is 30.8 Å². The van der Waals surface area contributed by atoms with Gasteiger partial charge in [-0.15, -0.1) is 0 Å². The van der Waals surface area contributed by atoms with Gasteiger partial charge in [-0.05, 0) is 81.4 Å². The Labute approximate surface area is 222 Å². The number of thioether (sulfide) groups is 1. The van der Waals surface area contributed by atoms with Gasteiger partial charge in [0.1, 0.15) is 18.0 Å². The van der Waals surface area contributed by atoms with E-state index in [9.17, 15) is 24.5 Å². The van der Waals surface area contributed by atoms with Crippen LogP contribution in [-0.4, -0.2) is 49.1 Å². The lowest BCUT2D eigenvalue weighted by molar-refractivity contribution is -0.385. The number of carbonyl (C=O) groups excluding carboxylic acids is 3. The van der Waals surface area contributed by atoms with E-state index in [1.54, 1.807) is 25.1 Å². The van der Waals surface area contributed by atoms with Crippen molar-refractivity contribution in [3.63, 3.8) is 0 Å². The van der Waals surface area contributed by atoms with Crippen molar-refractivity contribution in [1.82, 2.24) is 14.5 Å². The van der Waals surface area contributed by atoms with Gasteiger partial charge in [-0.1, -0.05) is 0 Å². The highest BCUT2D eigenvalue weighted by atomic mass is 32.2. The summed E-state index contributed by atoms with van der Waals surface area (Å²) >= 11 is 0.787. The molecular formula is C26H24N4O7S. The lowest BCUT2D eigenvalue weighted by Gasteiger charge is -2.19. The van der Waals surface area contributed by atoms with Gasteiger partial charge >= 0.3 is 5.97 Å². The second-order valence-corrected chi connectivity index (χ2v) is 9.34. The molecule has 3 aromatic rings. The SMILES string of the molecule is CCOC(=O)[C@@H](C)N1C(=O)S/C(=C\c2cc(C)n(-c3ccc(Oc4ccc([N+](=O)[O-])cn4)cc3)c2C)C1=O. The third-order valence-electron chi connectivity index (χ3n) is 5.84. The van der Waals surface area contributed by atoms with Crippen LogP contribution in [0.3, 0.4) is 0 Å². The van der Waals surface area contributed by atoms with Crippen LogP contribution in [0.25, 0.3) is 11.8 Å². The average molecular weight is 537 g/mol. The molecule has 3 heterocycles. The molecule has 0 unspecified atom stereocenters. The fraction of sp³-hybridized carbons (Fsp3) is 0.231. The van der Waals surface area contributed by atoms with Gasteiger partial charge in [0.2, 0.25) is 5.88 Å². The standard InChI is InChI=1S/C26H24N4O7S/c1-5-36-25(32)17(4)29-24(31)22(38-26(29)33)13-18-12-15(2)28(16(18)3)19-6-9-21(10-7-19)37-23-11-8-20(14-27-23)30(34)35/h6-14,17H,5H2,1-4H3/b22-13-/t17-/m1/s1. The Bertz CT molecular complexity index is 1450. The molecule has 2 aromatic heterocycles. The summed E-state index contributed by atoms with van der Waals surface area (Å²) in [6.45, 7) is 7.10. The monoisotopic (exact) mass is 536 g/mol. The van der Waals surface area contributed by atoms with Crippen LogP contribution in [-0.2, 0) is 14.3 Å². The van der Waals surface area contributed by atoms with E-state index in [0.717, 1.165) is 45.5 Å². The molecule has 1 aromatic carbocycles. The highest BCUT2D eigenvalue weighted by molar-refractivity contribution is 8.18. The van der Waals surface area contributed by atoms with Gasteiger partial charge < -0.3 is 14.0 Å². The number of hydrogen-bond donors (Lipinski definition) is 0. The summed E-state index contributed by atoms with van der Waals surface area (Å²) in [5, 5.41) is 10.3. The predicted molar refractivity (Wildman–Crippen MR) is 140 cm³/mol. The molecule has 0 aliphatic carbocycles. The molecule has 1 fully saturated rings. The zero-order valence-corrected chi connectivity index (χ0v) is 21.9. The number of amides is 2. The summed E-state index contributed by atoms with van der Waals surface area (Å²) in [4.78, 5) is 52.8. The van der Waals surface area contributed by atoms with Crippen LogP contribution in [0.15, 0.2) is 53.6 Å². The van der Waals surface area contributed by atoms with Crippen LogP contribution in [0.2, 0.25) is 0 Å². The first-order valence-electron chi connectivity index (χ1n) is 11.6. The third-order valence-corrected chi connectivity index (χ3v) is 6.73. The molecule has 1 aliphatic heterocycles. The minimum atomic E-state index is -1.01. The summed E-state index contributed by atoms with van der Waals surface area (Å²) in [5.74, 6) is -0.440. The van der Waals surface area contributed by atoms with E-state index in [2.05, 4.69) is 4.98 Å². The van der Waals surface area contributed by atoms with E-state index >= 15 is 0 Å². The molecule has 1 saturated heterocycles. The Balaban J connectivity index is 1.53. The first kappa shape index (κ1) is 26.6. The van der Waals surface area contributed by atoms with Crippen molar-refractivity contribution in [1.29, 1.82) is 0 Å². The fourth-order valence-corrected chi connectivity index (χ4v) is 4.88. The number of aromatic nitrogens is 2. The molecule has 12 heteroatoms. The number of hydrogen-bond acceptors (Lipinski definition) is 9. The molecule has 2 amide bonds. The van der Waals surface area contributed by atoms with E-state index in [-0.39, 0.29) is 23.1 Å². The number of benzene rings is 1. The second-order valence-electron chi connectivity index (χ2n) is 8.35. The van der Waals surface area contributed by atoms with E-state index in [1.165, 1.54) is 19.1 Å². The molecule has 0 bridgehead atoms. The highest BCUT2D eigenvalue weighted by Gasteiger charge is 2.41. The average Bonchev–Trinajstić information content (AvgIpc) is 3.32. The summed E-state index contributed by atoms with van der Waals surface area (Å²) in [6.07, 6.45) is 2.78. The highest BCUT2D eigenvalue weighted by Crippen LogP contribution is 2.35. The summed E-state index contributed by atoms with van der Waals surface area (Å²) in [6, 6.07) is 10.8. The first-order valence-corrected chi connectivity index (χ1v) is 12.4. The number of ether oxygens (including phenoxy) is 2. The number of aryl methyl sites for hydroxylation is 1. The van der Waals surface area contributed by atoms with Gasteiger partial charge in [-0.25, -0.2) is 9.78 Å². The van der Waals surface area contributed by atoms with Gasteiger partial charge in [0.25, 0.3) is 16.8 Å².